The number of hydrogen-bond donors (Lipinski definition) is 3. The van der Waals surface area contributed by atoms with Crippen molar-refractivity contribution in [3.8, 4) is 0 Å². The Morgan fingerprint density at radius 1 is 1.23 bits per heavy atom. The molecule has 7 nitrogen and oxygen atoms in total. The highest BCUT2D eigenvalue weighted by Gasteiger charge is 2.11. The molecule has 0 spiro atoms. The molecule has 0 aromatic carbocycles. The van der Waals surface area contributed by atoms with Crippen molar-refractivity contribution in [1.82, 2.24) is 20.9 Å². The number of aromatic nitrogens is 1. The van der Waals surface area contributed by atoms with Crippen molar-refractivity contribution < 1.29 is 9.21 Å². The Bertz CT molecular complexity index is 714. The van der Waals surface area contributed by atoms with E-state index in [0.717, 1.165) is 41.6 Å². The van der Waals surface area contributed by atoms with Gasteiger partial charge in [-0.2, -0.15) is 0 Å². The lowest BCUT2D eigenvalue weighted by molar-refractivity contribution is 0.0925. The molecular formula is C17H26IN5O2S. The number of nitrogens with zero attached hydrogens (tertiary/aromatic N) is 2. The summed E-state index contributed by atoms with van der Waals surface area (Å²) in [6.07, 6.45) is 3.18. The molecule has 0 aliphatic rings. The molecule has 2 aromatic heterocycles. The standard InChI is InChI=1S/C17H25N5O2S.HI/c1-12-6-10-24-15(12)16(23)19-7-4-8-20-17(18-3)21-9-5-14-11-25-13(2)22-14;/h6,10-11H,4-5,7-9H2,1-3H3,(H,19,23)(H2,18,20,21);1H. The number of thiazole rings is 1. The number of aryl methyl sites for hydroxylation is 2. The zero-order valence-electron chi connectivity index (χ0n) is 15.3. The van der Waals surface area contributed by atoms with Gasteiger partial charge in [-0.3, -0.25) is 9.79 Å². The van der Waals surface area contributed by atoms with E-state index in [4.69, 9.17) is 4.42 Å². The van der Waals surface area contributed by atoms with Gasteiger partial charge in [0, 0.05) is 44.0 Å². The Labute approximate surface area is 175 Å². The first-order valence-electron chi connectivity index (χ1n) is 8.28. The Kier molecular flexibility index (Phi) is 10.3. The van der Waals surface area contributed by atoms with E-state index in [9.17, 15) is 4.79 Å². The van der Waals surface area contributed by atoms with Gasteiger partial charge in [-0.15, -0.1) is 35.3 Å². The van der Waals surface area contributed by atoms with E-state index in [0.29, 0.717) is 18.8 Å². The summed E-state index contributed by atoms with van der Waals surface area (Å²) >= 11 is 1.66. The number of furan rings is 1. The first-order chi connectivity index (χ1) is 12.1. The maximum atomic E-state index is 11.9. The molecule has 2 aromatic rings. The highest BCUT2D eigenvalue weighted by atomic mass is 127. The van der Waals surface area contributed by atoms with Crippen LogP contribution in [0.1, 0.15) is 33.2 Å². The molecule has 2 heterocycles. The number of amides is 1. The first-order valence-corrected chi connectivity index (χ1v) is 9.16. The lowest BCUT2D eigenvalue weighted by Gasteiger charge is -2.11. The average molecular weight is 491 g/mol. The second-order valence-electron chi connectivity index (χ2n) is 5.58. The van der Waals surface area contributed by atoms with Crippen LogP contribution in [0.4, 0.5) is 0 Å². The molecule has 9 heteroatoms. The molecule has 3 N–H and O–H groups in total. The van der Waals surface area contributed by atoms with Gasteiger partial charge < -0.3 is 20.4 Å². The minimum absolute atomic E-state index is 0. The van der Waals surface area contributed by atoms with E-state index in [1.165, 1.54) is 6.26 Å². The quantitative estimate of drug-likeness (QED) is 0.229. The number of aliphatic imine (C=N–C) groups is 1. The summed E-state index contributed by atoms with van der Waals surface area (Å²) in [5.41, 5.74) is 1.94. The lowest BCUT2D eigenvalue weighted by atomic mass is 10.2. The van der Waals surface area contributed by atoms with Crippen molar-refractivity contribution >= 4 is 47.2 Å². The molecule has 26 heavy (non-hydrogen) atoms. The van der Waals surface area contributed by atoms with Crippen LogP contribution in [0.3, 0.4) is 0 Å². The fraction of sp³-hybridized carbons (Fsp3) is 0.471. The van der Waals surface area contributed by atoms with Crippen molar-refractivity contribution in [1.29, 1.82) is 0 Å². The van der Waals surface area contributed by atoms with Crippen LogP contribution in [0.5, 0.6) is 0 Å². The number of rotatable bonds is 8. The predicted octanol–water partition coefficient (Wildman–Crippen LogP) is 2.50. The van der Waals surface area contributed by atoms with Crippen LogP contribution in [-0.2, 0) is 6.42 Å². The van der Waals surface area contributed by atoms with Crippen molar-refractivity contribution in [3.05, 3.63) is 39.7 Å². The minimum atomic E-state index is -0.177. The third-order valence-corrected chi connectivity index (χ3v) is 4.39. The molecule has 0 aliphatic heterocycles. The van der Waals surface area contributed by atoms with Crippen LogP contribution in [0.25, 0.3) is 0 Å². The van der Waals surface area contributed by atoms with Crippen LogP contribution in [0.15, 0.2) is 27.1 Å². The SMILES string of the molecule is CN=C(NCCCNC(=O)c1occc1C)NCCc1csc(C)n1.I. The number of halogens is 1. The molecule has 0 saturated carbocycles. The zero-order valence-corrected chi connectivity index (χ0v) is 18.4. The summed E-state index contributed by atoms with van der Waals surface area (Å²) in [5.74, 6) is 0.950. The van der Waals surface area contributed by atoms with Crippen molar-refractivity contribution in [2.24, 2.45) is 4.99 Å². The highest BCUT2D eigenvalue weighted by molar-refractivity contribution is 14.0. The first kappa shape index (κ1) is 22.4. The van der Waals surface area contributed by atoms with E-state index in [1.807, 2.05) is 13.8 Å². The third kappa shape index (κ3) is 7.32. The maximum absolute atomic E-state index is 11.9. The second-order valence-corrected chi connectivity index (χ2v) is 6.64. The number of carbonyl (C=O) groups excluding carboxylic acids is 1. The van der Waals surface area contributed by atoms with Crippen molar-refractivity contribution in [2.45, 2.75) is 26.7 Å². The van der Waals surface area contributed by atoms with Gasteiger partial charge >= 0.3 is 0 Å². The Morgan fingerprint density at radius 3 is 2.58 bits per heavy atom. The van der Waals surface area contributed by atoms with Gasteiger partial charge in [-0.05, 0) is 26.3 Å². The van der Waals surface area contributed by atoms with E-state index in [1.54, 1.807) is 24.5 Å². The molecule has 1 amide bonds. The van der Waals surface area contributed by atoms with E-state index < -0.39 is 0 Å². The van der Waals surface area contributed by atoms with Gasteiger partial charge in [0.2, 0.25) is 0 Å². The van der Waals surface area contributed by atoms with Gasteiger partial charge in [0.15, 0.2) is 11.7 Å². The van der Waals surface area contributed by atoms with Gasteiger partial charge in [-0.25, -0.2) is 4.98 Å². The van der Waals surface area contributed by atoms with Crippen LogP contribution in [0.2, 0.25) is 0 Å². The molecule has 0 bridgehead atoms. The summed E-state index contributed by atoms with van der Waals surface area (Å²) in [5, 5.41) is 12.5. The van der Waals surface area contributed by atoms with Crippen LogP contribution < -0.4 is 16.0 Å². The van der Waals surface area contributed by atoms with Crippen molar-refractivity contribution in [2.75, 3.05) is 26.7 Å². The molecule has 0 atom stereocenters. The second kappa shape index (κ2) is 11.9. The smallest absolute Gasteiger partial charge is 0.287 e. The molecule has 144 valence electrons. The number of nitrogens with one attached hydrogen (secondary N) is 3. The largest absolute Gasteiger partial charge is 0.459 e. The average Bonchev–Trinajstić information content (AvgIpc) is 3.21. The Hall–Kier alpha value is -1.62. The van der Waals surface area contributed by atoms with Crippen LogP contribution in [-0.4, -0.2) is 43.5 Å². The fourth-order valence-corrected chi connectivity index (χ4v) is 2.88. The van der Waals surface area contributed by atoms with Crippen LogP contribution in [0, 0.1) is 13.8 Å². The predicted molar refractivity (Wildman–Crippen MR) is 116 cm³/mol. The molecule has 2 rings (SSSR count). The molecule has 0 unspecified atom stereocenters. The van der Waals surface area contributed by atoms with Gasteiger partial charge in [-0.1, -0.05) is 0 Å². The van der Waals surface area contributed by atoms with Gasteiger partial charge in [0.25, 0.3) is 5.91 Å². The van der Waals surface area contributed by atoms with Gasteiger partial charge in [0.05, 0.1) is 17.0 Å². The van der Waals surface area contributed by atoms with E-state index >= 15 is 0 Å². The molecule has 0 saturated heterocycles. The Balaban J connectivity index is 0.00000338. The maximum Gasteiger partial charge on any atom is 0.287 e. The molecular weight excluding hydrogens is 465 g/mol. The highest BCUT2D eigenvalue weighted by Crippen LogP contribution is 2.08. The van der Waals surface area contributed by atoms with E-state index in [-0.39, 0.29) is 29.9 Å². The third-order valence-electron chi connectivity index (χ3n) is 3.56. The summed E-state index contributed by atoms with van der Waals surface area (Å²) in [6.45, 7) is 5.92. The summed E-state index contributed by atoms with van der Waals surface area (Å²) in [7, 11) is 1.74. The lowest BCUT2D eigenvalue weighted by Crippen LogP contribution is -2.39. The fourth-order valence-electron chi connectivity index (χ4n) is 2.24. The topological polar surface area (TPSA) is 91.5 Å². The normalized spacial score (nSPS) is 11.0. The zero-order chi connectivity index (χ0) is 18.1. The number of guanidine groups is 1. The summed E-state index contributed by atoms with van der Waals surface area (Å²) in [4.78, 5) is 20.5. The molecule has 0 aliphatic carbocycles. The number of hydrogen-bond acceptors (Lipinski definition) is 5. The molecule has 0 fully saturated rings. The molecule has 0 radical (unpaired) electrons. The van der Waals surface area contributed by atoms with Crippen molar-refractivity contribution in [3.63, 3.8) is 0 Å². The van der Waals surface area contributed by atoms with Crippen LogP contribution >= 0.6 is 35.3 Å². The minimum Gasteiger partial charge on any atom is -0.459 e. The monoisotopic (exact) mass is 491 g/mol. The summed E-state index contributed by atoms with van der Waals surface area (Å²) in [6, 6.07) is 1.78. The van der Waals surface area contributed by atoms with Gasteiger partial charge in [0.1, 0.15) is 0 Å². The number of carbonyl (C=O) groups is 1. The van der Waals surface area contributed by atoms with E-state index in [2.05, 4.69) is 31.3 Å². The Morgan fingerprint density at radius 2 is 1.96 bits per heavy atom. The summed E-state index contributed by atoms with van der Waals surface area (Å²) < 4.78 is 5.16.